The monoisotopic (exact) mass is 271 g/mol. The van der Waals surface area contributed by atoms with Crippen LogP contribution in [0.5, 0.6) is 0 Å². The molecule has 2 rings (SSSR count). The first kappa shape index (κ1) is 13.4. The van der Waals surface area contributed by atoms with Crippen LogP contribution in [0.15, 0.2) is 11.0 Å². The molecule has 1 heterocycles. The second-order valence-electron chi connectivity index (χ2n) is 4.83. The van der Waals surface area contributed by atoms with Crippen molar-refractivity contribution in [3.05, 3.63) is 21.6 Å². The summed E-state index contributed by atoms with van der Waals surface area (Å²) in [5.41, 5.74) is 0.594. The molecule has 1 aliphatic carbocycles. The number of rotatable bonds is 6. The first-order valence-corrected chi connectivity index (χ1v) is 6.60. The molecule has 6 heteroatoms. The maximum Gasteiger partial charge on any atom is 0.287 e. The molecule has 0 saturated heterocycles. The Labute approximate surface area is 111 Å². The van der Waals surface area contributed by atoms with E-state index in [9.17, 15) is 4.79 Å². The fraction of sp³-hybridized carbons (Fsp3) is 0.667. The van der Waals surface area contributed by atoms with Gasteiger partial charge in [0.05, 0.1) is 25.0 Å². The van der Waals surface area contributed by atoms with Gasteiger partial charge in [-0.2, -0.15) is 5.10 Å². The number of nitrogens with one attached hydrogen (secondary N) is 1. The quantitative estimate of drug-likeness (QED) is 0.823. The van der Waals surface area contributed by atoms with Crippen LogP contribution in [0.4, 0.5) is 5.69 Å². The summed E-state index contributed by atoms with van der Waals surface area (Å²) < 4.78 is 1.17. The smallest absolute Gasteiger partial charge is 0.287 e. The van der Waals surface area contributed by atoms with Crippen LogP contribution < -0.4 is 10.9 Å². The third-order valence-electron chi connectivity index (χ3n) is 3.66. The Kier molecular flexibility index (Phi) is 3.92. The zero-order chi connectivity index (χ0) is 13.2. The zero-order valence-electron chi connectivity index (χ0n) is 10.4. The number of aliphatic hydroxyl groups is 1. The summed E-state index contributed by atoms with van der Waals surface area (Å²) in [6, 6.07) is 0. The van der Waals surface area contributed by atoms with Crippen LogP contribution >= 0.6 is 11.6 Å². The molecule has 1 aromatic heterocycles. The third-order valence-corrected chi connectivity index (χ3v) is 4.02. The van der Waals surface area contributed by atoms with Crippen LogP contribution in [-0.4, -0.2) is 28.0 Å². The number of hydrogen-bond donors (Lipinski definition) is 2. The molecule has 1 saturated carbocycles. The normalized spacial score (nSPS) is 16.6. The molecular formula is C12H18ClN3O2. The first-order valence-electron chi connectivity index (χ1n) is 6.22. The van der Waals surface area contributed by atoms with Crippen LogP contribution in [0.2, 0.25) is 5.02 Å². The average Bonchev–Trinajstić information content (AvgIpc) is 3.15. The second-order valence-corrected chi connectivity index (χ2v) is 5.21. The van der Waals surface area contributed by atoms with Gasteiger partial charge in [0.15, 0.2) is 0 Å². The van der Waals surface area contributed by atoms with E-state index in [1.165, 1.54) is 17.5 Å². The Morgan fingerprint density at radius 3 is 2.89 bits per heavy atom. The number of halogens is 1. The molecule has 100 valence electrons. The molecule has 1 aromatic rings. The highest BCUT2D eigenvalue weighted by Crippen LogP contribution is 2.48. The fourth-order valence-electron chi connectivity index (χ4n) is 1.96. The first-order chi connectivity index (χ1) is 8.62. The Hall–Kier alpha value is -1.07. The van der Waals surface area contributed by atoms with Crippen molar-refractivity contribution in [2.24, 2.45) is 5.41 Å². The van der Waals surface area contributed by atoms with Crippen LogP contribution in [0.3, 0.4) is 0 Å². The van der Waals surface area contributed by atoms with Gasteiger partial charge < -0.3 is 10.4 Å². The summed E-state index contributed by atoms with van der Waals surface area (Å²) in [4.78, 5) is 11.8. The highest BCUT2D eigenvalue weighted by molar-refractivity contribution is 6.32. The van der Waals surface area contributed by atoms with Crippen LogP contribution in [0.25, 0.3) is 0 Å². The lowest BCUT2D eigenvalue weighted by Gasteiger charge is -2.15. The summed E-state index contributed by atoms with van der Waals surface area (Å²) in [7, 11) is 0. The Balaban J connectivity index is 2.10. The largest absolute Gasteiger partial charge is 0.394 e. The van der Waals surface area contributed by atoms with Crippen LogP contribution in [-0.2, 0) is 6.54 Å². The van der Waals surface area contributed by atoms with E-state index in [0.29, 0.717) is 11.1 Å². The fourth-order valence-corrected chi connectivity index (χ4v) is 2.17. The Morgan fingerprint density at radius 1 is 1.61 bits per heavy atom. The molecule has 0 atom stereocenters. The van der Waals surface area contributed by atoms with Gasteiger partial charge in [-0.25, -0.2) is 4.68 Å². The molecule has 0 aromatic carbocycles. The van der Waals surface area contributed by atoms with Crippen molar-refractivity contribution in [3.8, 4) is 0 Å². The molecule has 5 nitrogen and oxygen atoms in total. The highest BCUT2D eigenvalue weighted by Gasteiger charge is 2.40. The molecule has 0 bridgehead atoms. The molecule has 0 unspecified atom stereocenters. The zero-order valence-corrected chi connectivity index (χ0v) is 11.2. The van der Waals surface area contributed by atoms with E-state index in [4.69, 9.17) is 16.7 Å². The summed E-state index contributed by atoms with van der Waals surface area (Å²) in [6.45, 7) is 3.04. The molecule has 0 spiro atoms. The summed E-state index contributed by atoms with van der Waals surface area (Å²) in [5.74, 6) is 0. The lowest BCUT2D eigenvalue weighted by molar-refractivity contribution is 0.266. The van der Waals surface area contributed by atoms with Gasteiger partial charge >= 0.3 is 0 Å². The van der Waals surface area contributed by atoms with Crippen LogP contribution in [0, 0.1) is 5.41 Å². The minimum atomic E-state index is -0.364. The van der Waals surface area contributed by atoms with E-state index in [1.54, 1.807) is 6.20 Å². The minimum absolute atomic E-state index is 0.130. The van der Waals surface area contributed by atoms with E-state index in [-0.39, 0.29) is 23.7 Å². The van der Waals surface area contributed by atoms with Gasteiger partial charge in [-0.3, -0.25) is 4.79 Å². The van der Waals surface area contributed by atoms with Crippen molar-refractivity contribution in [1.29, 1.82) is 0 Å². The van der Waals surface area contributed by atoms with Crippen molar-refractivity contribution in [2.45, 2.75) is 32.7 Å². The van der Waals surface area contributed by atoms with Gasteiger partial charge in [0.1, 0.15) is 5.02 Å². The predicted octanol–water partition coefficient (Wildman–Crippen LogP) is 1.49. The maximum absolute atomic E-state index is 11.8. The molecule has 2 N–H and O–H groups in total. The predicted molar refractivity (Wildman–Crippen MR) is 71.0 cm³/mol. The molecule has 0 aliphatic heterocycles. The molecular weight excluding hydrogens is 254 g/mol. The van der Waals surface area contributed by atoms with E-state index in [2.05, 4.69) is 17.3 Å². The van der Waals surface area contributed by atoms with Crippen molar-refractivity contribution in [3.63, 3.8) is 0 Å². The third kappa shape index (κ3) is 2.67. The topological polar surface area (TPSA) is 67.2 Å². The molecule has 0 amide bonds. The lowest BCUT2D eigenvalue weighted by atomic mass is 10.0. The van der Waals surface area contributed by atoms with Gasteiger partial charge in [-0.05, 0) is 24.7 Å². The van der Waals surface area contributed by atoms with Gasteiger partial charge in [0.2, 0.25) is 0 Å². The SMILES string of the molecule is CCC1(CNc2cnn(CCO)c(=O)c2Cl)CC1. The van der Waals surface area contributed by atoms with Crippen LogP contribution in [0.1, 0.15) is 26.2 Å². The Bertz CT molecular complexity index is 483. The van der Waals surface area contributed by atoms with Crippen molar-refractivity contribution in [2.75, 3.05) is 18.5 Å². The van der Waals surface area contributed by atoms with Gasteiger partial charge in [-0.1, -0.05) is 18.5 Å². The number of hydrogen-bond acceptors (Lipinski definition) is 4. The van der Waals surface area contributed by atoms with E-state index < -0.39 is 0 Å². The molecule has 0 radical (unpaired) electrons. The molecule has 1 aliphatic rings. The van der Waals surface area contributed by atoms with E-state index >= 15 is 0 Å². The van der Waals surface area contributed by atoms with E-state index in [0.717, 1.165) is 13.0 Å². The summed E-state index contributed by atoms with van der Waals surface area (Å²) in [5, 5.41) is 16.1. The number of anilines is 1. The van der Waals surface area contributed by atoms with Gasteiger partial charge in [0.25, 0.3) is 5.56 Å². The maximum atomic E-state index is 11.8. The van der Waals surface area contributed by atoms with Gasteiger partial charge in [-0.15, -0.1) is 0 Å². The van der Waals surface area contributed by atoms with Crippen molar-refractivity contribution < 1.29 is 5.11 Å². The molecule has 18 heavy (non-hydrogen) atoms. The second kappa shape index (κ2) is 5.28. The standard InChI is InChI=1S/C12H18ClN3O2/c1-2-12(3-4-12)8-14-9-7-15-16(5-6-17)11(18)10(9)13/h7,14,17H,2-6,8H2,1H3. The Morgan fingerprint density at radius 2 is 2.33 bits per heavy atom. The number of nitrogens with zero attached hydrogens (tertiary/aromatic N) is 2. The molecule has 1 fully saturated rings. The summed E-state index contributed by atoms with van der Waals surface area (Å²) in [6.07, 6.45) is 5.13. The van der Waals surface area contributed by atoms with Crippen molar-refractivity contribution in [1.82, 2.24) is 9.78 Å². The van der Waals surface area contributed by atoms with Gasteiger partial charge in [0, 0.05) is 6.54 Å². The number of aliphatic hydroxyl groups excluding tert-OH is 1. The van der Waals surface area contributed by atoms with E-state index in [1.807, 2.05) is 0 Å². The van der Waals surface area contributed by atoms with Crippen molar-refractivity contribution >= 4 is 17.3 Å². The highest BCUT2D eigenvalue weighted by atomic mass is 35.5. The average molecular weight is 272 g/mol. The minimum Gasteiger partial charge on any atom is -0.394 e. The number of aromatic nitrogens is 2. The summed E-state index contributed by atoms with van der Waals surface area (Å²) >= 11 is 6.01. The lowest BCUT2D eigenvalue weighted by Crippen LogP contribution is -2.26.